The van der Waals surface area contributed by atoms with Gasteiger partial charge >= 0.3 is 0 Å². The molecule has 0 bridgehead atoms. The predicted molar refractivity (Wildman–Crippen MR) is 63.5 cm³/mol. The first-order valence-corrected chi connectivity index (χ1v) is 5.74. The Kier molecular flexibility index (Phi) is 5.07. The van der Waals surface area contributed by atoms with E-state index in [1.807, 2.05) is 6.07 Å². The Labute approximate surface area is 101 Å². The summed E-state index contributed by atoms with van der Waals surface area (Å²) in [7, 11) is 0. The molecular weight excluding hydrogens is 224 g/mol. The van der Waals surface area contributed by atoms with Gasteiger partial charge in [-0.3, -0.25) is 0 Å². The van der Waals surface area contributed by atoms with Gasteiger partial charge in [0.25, 0.3) is 0 Å². The fourth-order valence-corrected chi connectivity index (χ4v) is 1.62. The number of rotatable bonds is 5. The minimum atomic E-state index is 0.289. The number of hydrogen-bond acceptors (Lipinski definition) is 3. The van der Waals surface area contributed by atoms with Crippen LogP contribution >= 0.6 is 11.6 Å². The highest BCUT2D eigenvalue weighted by Crippen LogP contribution is 2.17. The third-order valence-electron chi connectivity index (χ3n) is 2.20. The molecule has 86 valence electrons. The molecule has 0 amide bonds. The van der Waals surface area contributed by atoms with E-state index in [0.717, 1.165) is 12.8 Å². The topological polar surface area (TPSA) is 45.9 Å². The lowest BCUT2D eigenvalue weighted by molar-refractivity contribution is 0.243. The first-order chi connectivity index (χ1) is 7.65. The molecule has 1 aromatic rings. The normalized spacial score (nSPS) is 11.9. The molecule has 16 heavy (non-hydrogen) atoms. The average molecular weight is 239 g/mol. The summed E-state index contributed by atoms with van der Waals surface area (Å²) < 4.78 is 5.50. The first-order valence-electron chi connectivity index (χ1n) is 5.36. The molecule has 0 saturated carbocycles. The van der Waals surface area contributed by atoms with Crippen molar-refractivity contribution in [2.75, 3.05) is 6.61 Å². The minimum absolute atomic E-state index is 0.289. The van der Waals surface area contributed by atoms with Crippen LogP contribution in [-0.4, -0.2) is 11.6 Å². The summed E-state index contributed by atoms with van der Waals surface area (Å²) in [5.74, 6) is 0.906. The van der Waals surface area contributed by atoms with Gasteiger partial charge in [0.2, 0.25) is 5.88 Å². The minimum Gasteiger partial charge on any atom is -0.477 e. The fourth-order valence-electron chi connectivity index (χ4n) is 1.42. The zero-order valence-corrected chi connectivity index (χ0v) is 10.3. The molecule has 1 unspecified atom stereocenters. The summed E-state index contributed by atoms with van der Waals surface area (Å²) in [6.45, 7) is 4.87. The van der Waals surface area contributed by atoms with E-state index >= 15 is 0 Å². The Morgan fingerprint density at radius 1 is 1.56 bits per heavy atom. The van der Waals surface area contributed by atoms with Crippen molar-refractivity contribution in [3.63, 3.8) is 0 Å². The van der Waals surface area contributed by atoms with Crippen molar-refractivity contribution in [2.24, 2.45) is 5.92 Å². The predicted octanol–water partition coefficient (Wildman–Crippen LogP) is 3.42. The quantitative estimate of drug-likeness (QED) is 0.739. The van der Waals surface area contributed by atoms with E-state index in [-0.39, 0.29) is 5.15 Å². The maximum Gasteiger partial charge on any atom is 0.215 e. The zero-order chi connectivity index (χ0) is 12.0. The molecule has 0 aliphatic rings. The summed E-state index contributed by atoms with van der Waals surface area (Å²) >= 11 is 5.76. The van der Waals surface area contributed by atoms with Gasteiger partial charge in [-0.25, -0.2) is 4.98 Å². The molecule has 0 fully saturated rings. The SMILES string of the molecule is CCCC(C)COc1cc(C#N)cc(Cl)n1. The number of pyridine rings is 1. The molecule has 1 heterocycles. The summed E-state index contributed by atoms with van der Waals surface area (Å²) in [6, 6.07) is 5.14. The second-order valence-electron chi connectivity index (χ2n) is 3.83. The number of halogens is 1. The zero-order valence-electron chi connectivity index (χ0n) is 9.53. The van der Waals surface area contributed by atoms with Gasteiger partial charge in [0.1, 0.15) is 5.15 Å². The van der Waals surface area contributed by atoms with E-state index in [1.54, 1.807) is 6.07 Å². The van der Waals surface area contributed by atoms with Crippen molar-refractivity contribution in [2.45, 2.75) is 26.7 Å². The Morgan fingerprint density at radius 2 is 2.31 bits per heavy atom. The van der Waals surface area contributed by atoms with Crippen LogP contribution in [0.1, 0.15) is 32.3 Å². The van der Waals surface area contributed by atoms with Gasteiger partial charge in [0.05, 0.1) is 18.2 Å². The molecular formula is C12H15ClN2O. The number of aromatic nitrogens is 1. The van der Waals surface area contributed by atoms with Gasteiger partial charge in [0.15, 0.2) is 0 Å². The van der Waals surface area contributed by atoms with E-state index in [0.29, 0.717) is 24.0 Å². The molecule has 1 atom stereocenters. The first kappa shape index (κ1) is 12.8. The Bertz CT molecular complexity index is 387. The van der Waals surface area contributed by atoms with E-state index in [4.69, 9.17) is 21.6 Å². The van der Waals surface area contributed by atoms with Crippen LogP contribution in [0.25, 0.3) is 0 Å². The van der Waals surface area contributed by atoms with Gasteiger partial charge in [-0.05, 0) is 18.4 Å². The highest BCUT2D eigenvalue weighted by Gasteiger charge is 2.05. The van der Waals surface area contributed by atoms with Crippen molar-refractivity contribution in [1.29, 1.82) is 5.26 Å². The standard InChI is InChI=1S/C12H15ClN2O/c1-3-4-9(2)8-16-12-6-10(7-14)5-11(13)15-12/h5-6,9H,3-4,8H2,1-2H3. The summed E-state index contributed by atoms with van der Waals surface area (Å²) in [5, 5.41) is 9.05. The third kappa shape index (κ3) is 4.08. The molecule has 0 N–H and O–H groups in total. The maximum absolute atomic E-state index is 8.76. The molecule has 1 rings (SSSR count). The van der Waals surface area contributed by atoms with Crippen LogP contribution in [0.3, 0.4) is 0 Å². The van der Waals surface area contributed by atoms with Crippen molar-refractivity contribution in [3.05, 3.63) is 22.8 Å². The van der Waals surface area contributed by atoms with Crippen LogP contribution in [0, 0.1) is 17.2 Å². The number of nitrogens with zero attached hydrogens (tertiary/aromatic N) is 2. The molecule has 3 nitrogen and oxygen atoms in total. The number of hydrogen-bond donors (Lipinski definition) is 0. The maximum atomic E-state index is 8.76. The van der Waals surface area contributed by atoms with E-state index < -0.39 is 0 Å². The lowest BCUT2D eigenvalue weighted by Gasteiger charge is -2.11. The Balaban J connectivity index is 2.60. The second-order valence-corrected chi connectivity index (χ2v) is 4.22. The average Bonchev–Trinajstić information content (AvgIpc) is 2.26. The molecule has 0 radical (unpaired) electrons. The third-order valence-corrected chi connectivity index (χ3v) is 2.39. The molecule has 0 aliphatic heterocycles. The monoisotopic (exact) mass is 238 g/mol. The summed E-state index contributed by atoms with van der Waals surface area (Å²) in [4.78, 5) is 4.01. The number of nitriles is 1. The summed E-state index contributed by atoms with van der Waals surface area (Å²) in [5.41, 5.74) is 0.471. The number of ether oxygens (including phenoxy) is 1. The highest BCUT2D eigenvalue weighted by atomic mass is 35.5. The molecule has 4 heteroatoms. The van der Waals surface area contributed by atoms with Gasteiger partial charge in [-0.15, -0.1) is 0 Å². The van der Waals surface area contributed by atoms with Crippen LogP contribution in [0.4, 0.5) is 0 Å². The largest absolute Gasteiger partial charge is 0.477 e. The van der Waals surface area contributed by atoms with E-state index in [1.165, 1.54) is 6.07 Å². The van der Waals surface area contributed by atoms with Gasteiger partial charge in [0, 0.05) is 6.07 Å². The van der Waals surface area contributed by atoms with Crippen molar-refractivity contribution >= 4 is 11.6 Å². The van der Waals surface area contributed by atoms with Crippen molar-refractivity contribution in [3.8, 4) is 11.9 Å². The van der Waals surface area contributed by atoms with Crippen molar-refractivity contribution < 1.29 is 4.74 Å². The van der Waals surface area contributed by atoms with Crippen LogP contribution < -0.4 is 4.74 Å². The van der Waals surface area contributed by atoms with Gasteiger partial charge < -0.3 is 4.74 Å². The molecule has 0 aliphatic carbocycles. The smallest absolute Gasteiger partial charge is 0.215 e. The molecule has 0 saturated heterocycles. The molecule has 1 aromatic heterocycles. The van der Waals surface area contributed by atoms with E-state index in [2.05, 4.69) is 18.8 Å². The van der Waals surface area contributed by atoms with E-state index in [9.17, 15) is 0 Å². The van der Waals surface area contributed by atoms with Crippen LogP contribution in [-0.2, 0) is 0 Å². The van der Waals surface area contributed by atoms with Crippen molar-refractivity contribution in [1.82, 2.24) is 4.98 Å². The molecule has 0 spiro atoms. The Hall–Kier alpha value is -1.27. The highest BCUT2D eigenvalue weighted by molar-refractivity contribution is 6.29. The van der Waals surface area contributed by atoms with Crippen LogP contribution in [0.5, 0.6) is 5.88 Å². The second kappa shape index (κ2) is 6.34. The lowest BCUT2D eigenvalue weighted by Crippen LogP contribution is -2.09. The lowest BCUT2D eigenvalue weighted by atomic mass is 10.1. The van der Waals surface area contributed by atoms with Gasteiger partial charge in [-0.1, -0.05) is 31.9 Å². The molecule has 0 aromatic carbocycles. The fraction of sp³-hybridized carbons (Fsp3) is 0.500. The van der Waals surface area contributed by atoms with Crippen LogP contribution in [0.15, 0.2) is 12.1 Å². The summed E-state index contributed by atoms with van der Waals surface area (Å²) in [6.07, 6.45) is 2.25. The Morgan fingerprint density at radius 3 is 2.94 bits per heavy atom. The van der Waals surface area contributed by atoms with Crippen LogP contribution in [0.2, 0.25) is 5.15 Å². The van der Waals surface area contributed by atoms with Gasteiger partial charge in [-0.2, -0.15) is 5.26 Å².